The van der Waals surface area contributed by atoms with Crippen molar-refractivity contribution in [3.63, 3.8) is 0 Å². The quantitative estimate of drug-likeness (QED) is 0.0398. The summed E-state index contributed by atoms with van der Waals surface area (Å²) < 4.78 is 72.3. The number of phenols is 1. The van der Waals surface area contributed by atoms with Crippen LogP contribution in [-0.2, 0) is 26.7 Å². The predicted molar refractivity (Wildman–Crippen MR) is 138 cm³/mol. The second-order valence-corrected chi connectivity index (χ2v) is 11.0. The van der Waals surface area contributed by atoms with E-state index in [1.54, 1.807) is 18.2 Å². The molecule has 0 aliphatic carbocycles. The van der Waals surface area contributed by atoms with Gasteiger partial charge >= 0.3 is 59.1 Å². The summed E-state index contributed by atoms with van der Waals surface area (Å²) in [4.78, 5) is 21.0. The van der Waals surface area contributed by atoms with Crippen molar-refractivity contribution >= 4 is 59.5 Å². The summed E-state index contributed by atoms with van der Waals surface area (Å²) in [5.74, 6) is -1.60. The summed E-state index contributed by atoms with van der Waals surface area (Å²) in [5.41, 5.74) is 3.73. The number of ketones is 1. The minimum atomic E-state index is -5.36. The summed E-state index contributed by atoms with van der Waals surface area (Å²) in [6.45, 7) is 0. The van der Waals surface area contributed by atoms with Crippen LogP contribution in [0, 0.1) is 10.1 Å². The maximum Gasteiger partial charge on any atom is 1.00 e. The van der Waals surface area contributed by atoms with Gasteiger partial charge in [-0.3, -0.25) is 14.9 Å². The van der Waals surface area contributed by atoms with E-state index in [1.165, 1.54) is 24.3 Å². The number of non-ortho nitro benzene ring substituents is 1. The number of Topliss-reactive ketones (excluding diaryl/α,β-unsaturated/α-hetero) is 1. The molecule has 42 heavy (non-hydrogen) atoms. The molecule has 3 N–H and O–H groups in total. The molecular weight excluding hydrogens is 614 g/mol. The standard InChI is InChI=1S/C24H18N4O10S2.2Na/c25-22-21-14(9-19(39(33,34)35)17(24(21)30)12-18(29)13-5-2-1-3-6-13)10-20(40(36,37)38)23(22)27-26-15-7-4-8-16(11-15)28(31)32;;/h1-11,30H,12,25H2,(H,33,34,35)(H,36,37,38);;/q;2*+1/p-2. The largest absolute Gasteiger partial charge is 1.00 e. The number of rotatable bonds is 8. The number of nitrogen functional groups attached to an aromatic ring is 1. The first-order valence-corrected chi connectivity index (χ1v) is 13.8. The molecule has 18 heteroatoms. The maximum atomic E-state index is 12.8. The van der Waals surface area contributed by atoms with Gasteiger partial charge in [0.2, 0.25) is 0 Å². The molecule has 0 radical (unpaired) electrons. The molecule has 0 saturated carbocycles. The number of aromatic hydroxyl groups is 1. The zero-order valence-electron chi connectivity index (χ0n) is 21.9. The van der Waals surface area contributed by atoms with Crippen LogP contribution in [0.2, 0.25) is 0 Å². The van der Waals surface area contributed by atoms with E-state index in [2.05, 4.69) is 10.2 Å². The Kier molecular flexibility index (Phi) is 11.5. The fraction of sp³-hybridized carbons (Fsp3) is 0.0417. The number of benzene rings is 4. The number of nitro groups is 1. The Morgan fingerprint density at radius 2 is 1.48 bits per heavy atom. The summed E-state index contributed by atoms with van der Waals surface area (Å²) in [5, 5.41) is 28.6. The number of carbonyl (C=O) groups is 1. The zero-order chi connectivity index (χ0) is 29.4. The van der Waals surface area contributed by atoms with Crippen LogP contribution in [0.1, 0.15) is 15.9 Å². The third-order valence-electron chi connectivity index (χ3n) is 5.72. The summed E-state index contributed by atoms with van der Waals surface area (Å²) in [7, 11) is -10.7. The number of anilines is 1. The van der Waals surface area contributed by atoms with Gasteiger partial charge in [-0.15, -0.1) is 5.11 Å². The number of phenolic OH excluding ortho intramolecular Hbond substituents is 1. The molecule has 0 bridgehead atoms. The van der Waals surface area contributed by atoms with Crippen LogP contribution in [0.3, 0.4) is 0 Å². The van der Waals surface area contributed by atoms with E-state index >= 15 is 0 Å². The summed E-state index contributed by atoms with van der Waals surface area (Å²) in [6, 6.07) is 13.6. The summed E-state index contributed by atoms with van der Waals surface area (Å²) >= 11 is 0. The van der Waals surface area contributed by atoms with Crippen molar-refractivity contribution in [3.05, 3.63) is 88.0 Å². The second kappa shape index (κ2) is 13.7. The van der Waals surface area contributed by atoms with Crippen molar-refractivity contribution in [2.75, 3.05) is 5.73 Å². The van der Waals surface area contributed by atoms with Crippen molar-refractivity contribution < 1.29 is 99.9 Å². The van der Waals surface area contributed by atoms with Gasteiger partial charge < -0.3 is 19.9 Å². The Hall–Kier alpha value is -2.77. The molecule has 0 aliphatic heterocycles. The topological polar surface area (TPSA) is 246 Å². The van der Waals surface area contributed by atoms with E-state index in [1.807, 2.05) is 0 Å². The van der Waals surface area contributed by atoms with Gasteiger partial charge in [-0.25, -0.2) is 16.8 Å². The number of azo groups is 1. The summed E-state index contributed by atoms with van der Waals surface area (Å²) in [6.07, 6.45) is -0.756. The third-order valence-corrected chi connectivity index (χ3v) is 7.47. The first kappa shape index (κ1) is 35.4. The van der Waals surface area contributed by atoms with E-state index in [0.717, 1.165) is 12.1 Å². The fourth-order valence-corrected chi connectivity index (χ4v) is 5.31. The van der Waals surface area contributed by atoms with Gasteiger partial charge in [0.25, 0.3) is 5.69 Å². The molecule has 4 aromatic carbocycles. The van der Waals surface area contributed by atoms with Gasteiger partial charge in [0.15, 0.2) is 5.78 Å². The molecule has 206 valence electrons. The minimum Gasteiger partial charge on any atom is -0.744 e. The normalized spacial score (nSPS) is 11.6. The fourth-order valence-electron chi connectivity index (χ4n) is 3.91. The minimum absolute atomic E-state index is 0. The molecule has 0 unspecified atom stereocenters. The predicted octanol–water partition coefficient (Wildman–Crippen LogP) is -2.31. The first-order chi connectivity index (χ1) is 18.7. The first-order valence-electron chi connectivity index (χ1n) is 11.0. The molecule has 0 spiro atoms. The Morgan fingerprint density at radius 3 is 2.05 bits per heavy atom. The molecule has 4 rings (SSSR count). The Morgan fingerprint density at radius 1 is 0.881 bits per heavy atom. The van der Waals surface area contributed by atoms with Crippen LogP contribution in [0.5, 0.6) is 5.75 Å². The Balaban J connectivity index is 0.00000308. The second-order valence-electron chi connectivity index (χ2n) is 8.29. The number of carbonyl (C=O) groups excluding carboxylic acids is 1. The van der Waals surface area contributed by atoms with E-state index < -0.39 is 80.6 Å². The van der Waals surface area contributed by atoms with Gasteiger partial charge in [0, 0.05) is 35.1 Å². The zero-order valence-corrected chi connectivity index (χ0v) is 27.5. The van der Waals surface area contributed by atoms with Crippen molar-refractivity contribution in [2.45, 2.75) is 16.2 Å². The molecular formula is C24H16N4Na2O10S2. The molecule has 0 aromatic heterocycles. The van der Waals surface area contributed by atoms with E-state index in [0.29, 0.717) is 12.1 Å². The average Bonchev–Trinajstić information content (AvgIpc) is 2.88. The smallest absolute Gasteiger partial charge is 0.744 e. The van der Waals surface area contributed by atoms with Crippen molar-refractivity contribution in [2.24, 2.45) is 10.2 Å². The molecule has 0 saturated heterocycles. The maximum absolute atomic E-state index is 12.8. The van der Waals surface area contributed by atoms with Crippen LogP contribution in [-0.4, -0.2) is 41.8 Å². The molecule has 0 atom stereocenters. The van der Waals surface area contributed by atoms with Crippen molar-refractivity contribution in [1.29, 1.82) is 0 Å². The van der Waals surface area contributed by atoms with E-state index in [4.69, 9.17) is 5.73 Å². The number of fused-ring (bicyclic) bond motifs is 1. The average molecular weight is 631 g/mol. The number of nitrogens with two attached hydrogens (primary N) is 1. The van der Waals surface area contributed by atoms with Crippen LogP contribution in [0.25, 0.3) is 10.8 Å². The van der Waals surface area contributed by atoms with Gasteiger partial charge in [-0.2, -0.15) is 5.11 Å². The van der Waals surface area contributed by atoms with Crippen LogP contribution < -0.4 is 64.8 Å². The molecule has 14 nitrogen and oxygen atoms in total. The van der Waals surface area contributed by atoms with Crippen molar-refractivity contribution in [3.8, 4) is 5.75 Å². The number of nitrogens with zero attached hydrogens (tertiary/aromatic N) is 3. The van der Waals surface area contributed by atoms with Gasteiger partial charge in [-0.05, 0) is 23.6 Å². The number of nitro benzene ring substituents is 1. The monoisotopic (exact) mass is 630 g/mol. The van der Waals surface area contributed by atoms with Gasteiger partial charge in [0.05, 0.1) is 26.1 Å². The van der Waals surface area contributed by atoms with Crippen LogP contribution in [0.15, 0.2) is 86.7 Å². The van der Waals surface area contributed by atoms with E-state index in [9.17, 15) is 46.0 Å². The number of hydrogen-bond acceptors (Lipinski definition) is 13. The third kappa shape index (κ3) is 7.59. The molecule has 0 amide bonds. The molecule has 0 heterocycles. The van der Waals surface area contributed by atoms with Crippen LogP contribution in [0.4, 0.5) is 22.7 Å². The molecule has 4 aromatic rings. The SMILES string of the molecule is Nc1c(N=Nc2cccc([N+](=O)[O-])c2)c(S(=O)(=O)[O-])cc2cc(S(=O)(=O)[O-])c(CC(=O)c3ccccc3)c(O)c12.[Na+].[Na+]. The van der Waals surface area contributed by atoms with E-state index in [-0.39, 0.29) is 76.1 Å². The molecule has 0 fully saturated rings. The Labute approximate surface area is 282 Å². The number of hydrogen-bond donors (Lipinski definition) is 2. The van der Waals surface area contributed by atoms with Gasteiger partial charge in [0.1, 0.15) is 31.7 Å². The van der Waals surface area contributed by atoms with Gasteiger partial charge in [-0.1, -0.05) is 36.4 Å². The van der Waals surface area contributed by atoms with Crippen molar-refractivity contribution in [1.82, 2.24) is 0 Å². The van der Waals surface area contributed by atoms with Crippen LogP contribution >= 0.6 is 0 Å². The Bertz CT molecular complexity index is 1950. The molecule has 0 aliphatic rings.